The molecule has 0 radical (unpaired) electrons. The quantitative estimate of drug-likeness (QED) is 0.685. The second-order valence-corrected chi connectivity index (χ2v) is 7.69. The van der Waals surface area contributed by atoms with Gasteiger partial charge in [-0.15, -0.1) is 0 Å². The molecule has 0 saturated carbocycles. The minimum Gasteiger partial charge on any atom is -0.392 e. The highest BCUT2D eigenvalue weighted by Crippen LogP contribution is 2.10. The van der Waals surface area contributed by atoms with Gasteiger partial charge in [-0.2, -0.15) is 17.4 Å². The molecule has 0 aromatic carbocycles. The largest absolute Gasteiger partial charge is 0.392 e. The van der Waals surface area contributed by atoms with E-state index < -0.39 is 15.7 Å². The summed E-state index contributed by atoms with van der Waals surface area (Å²) in [6.45, 7) is 8.28. The van der Waals surface area contributed by atoms with Crippen LogP contribution in [0.1, 0.15) is 20.8 Å². The molecule has 0 spiro atoms. The Balaban J connectivity index is 2.55. The summed E-state index contributed by atoms with van der Waals surface area (Å²) >= 11 is 4.84. The summed E-state index contributed by atoms with van der Waals surface area (Å²) < 4.78 is 28.3. The van der Waals surface area contributed by atoms with Crippen molar-refractivity contribution in [2.75, 3.05) is 32.7 Å². The van der Waals surface area contributed by atoms with E-state index in [9.17, 15) is 8.42 Å². The molecule has 0 amide bonds. The van der Waals surface area contributed by atoms with Crippen LogP contribution in [-0.2, 0) is 10.2 Å². The molecule has 0 aromatic heterocycles. The van der Waals surface area contributed by atoms with Gasteiger partial charge in [0.25, 0.3) is 10.2 Å². The second kappa shape index (κ2) is 5.79. The molecule has 3 N–H and O–H groups in total. The molecule has 1 aliphatic heterocycles. The molecule has 0 atom stereocenters. The zero-order valence-corrected chi connectivity index (χ0v) is 12.8. The number of piperazine rings is 1. The Morgan fingerprint density at radius 1 is 1.28 bits per heavy atom. The van der Waals surface area contributed by atoms with Crippen LogP contribution in [-0.4, -0.2) is 60.9 Å². The first-order valence-electron chi connectivity index (χ1n) is 5.90. The third kappa shape index (κ3) is 5.15. The minimum atomic E-state index is -3.40. The van der Waals surface area contributed by atoms with Crippen molar-refractivity contribution < 1.29 is 8.42 Å². The predicted octanol–water partition coefficient (Wildman–Crippen LogP) is -0.477. The maximum Gasteiger partial charge on any atom is 0.280 e. The van der Waals surface area contributed by atoms with E-state index in [1.807, 2.05) is 20.8 Å². The number of nitrogens with one attached hydrogen (secondary N) is 1. The predicted molar refractivity (Wildman–Crippen MR) is 76.6 cm³/mol. The maximum absolute atomic E-state index is 12.1. The van der Waals surface area contributed by atoms with Crippen LogP contribution in [0.2, 0.25) is 0 Å². The van der Waals surface area contributed by atoms with Gasteiger partial charge in [-0.05, 0) is 20.8 Å². The van der Waals surface area contributed by atoms with Gasteiger partial charge in [-0.1, -0.05) is 12.2 Å². The molecule has 6 nitrogen and oxygen atoms in total. The van der Waals surface area contributed by atoms with Crippen molar-refractivity contribution in [1.82, 2.24) is 13.9 Å². The van der Waals surface area contributed by atoms with Crippen LogP contribution in [0.5, 0.6) is 0 Å². The molecule has 1 aliphatic rings. The van der Waals surface area contributed by atoms with Crippen LogP contribution < -0.4 is 10.5 Å². The summed E-state index contributed by atoms with van der Waals surface area (Å²) in [6, 6.07) is 0. The van der Waals surface area contributed by atoms with Crippen molar-refractivity contribution in [3.8, 4) is 0 Å². The lowest BCUT2D eigenvalue weighted by molar-refractivity contribution is 0.207. The summed E-state index contributed by atoms with van der Waals surface area (Å²) in [5.41, 5.74) is 5.01. The van der Waals surface area contributed by atoms with Crippen molar-refractivity contribution in [3.63, 3.8) is 0 Å². The normalized spacial score (nSPS) is 19.9. The maximum atomic E-state index is 12.1. The van der Waals surface area contributed by atoms with Gasteiger partial charge in [-0.3, -0.25) is 4.90 Å². The Labute approximate surface area is 115 Å². The monoisotopic (exact) mass is 294 g/mol. The van der Waals surface area contributed by atoms with E-state index in [1.165, 1.54) is 4.31 Å². The molecule has 1 rings (SSSR count). The fourth-order valence-corrected chi connectivity index (χ4v) is 3.53. The van der Waals surface area contributed by atoms with Crippen molar-refractivity contribution >= 4 is 27.4 Å². The van der Waals surface area contributed by atoms with Gasteiger partial charge < -0.3 is 5.73 Å². The molecule has 0 bridgehead atoms. The molecule has 18 heavy (non-hydrogen) atoms. The lowest BCUT2D eigenvalue weighted by Gasteiger charge is -2.35. The molecule has 1 saturated heterocycles. The van der Waals surface area contributed by atoms with Crippen molar-refractivity contribution in [1.29, 1.82) is 0 Å². The molecule has 106 valence electrons. The SMILES string of the molecule is CC(C)(C)NS(=O)(=O)N1CCN(CC(N)=S)CC1. The topological polar surface area (TPSA) is 78.7 Å². The van der Waals surface area contributed by atoms with E-state index in [2.05, 4.69) is 9.62 Å². The fourth-order valence-electron chi connectivity index (χ4n) is 1.80. The third-order valence-corrected chi connectivity index (χ3v) is 4.53. The molecule has 1 fully saturated rings. The van der Waals surface area contributed by atoms with Gasteiger partial charge in [0.15, 0.2) is 0 Å². The van der Waals surface area contributed by atoms with E-state index in [-0.39, 0.29) is 0 Å². The molecule has 0 unspecified atom stereocenters. The Hall–Kier alpha value is -0.280. The summed E-state index contributed by atoms with van der Waals surface area (Å²) in [6.07, 6.45) is 0. The summed E-state index contributed by atoms with van der Waals surface area (Å²) in [4.78, 5) is 2.50. The van der Waals surface area contributed by atoms with Gasteiger partial charge in [0, 0.05) is 38.3 Å². The number of hydrogen-bond acceptors (Lipinski definition) is 4. The summed E-state index contributed by atoms with van der Waals surface area (Å²) in [5, 5.41) is 0. The van der Waals surface area contributed by atoms with Gasteiger partial charge in [0.2, 0.25) is 0 Å². The number of thiocarbonyl (C=S) groups is 1. The van der Waals surface area contributed by atoms with E-state index >= 15 is 0 Å². The van der Waals surface area contributed by atoms with E-state index in [1.54, 1.807) is 0 Å². The van der Waals surface area contributed by atoms with Crippen molar-refractivity contribution in [3.05, 3.63) is 0 Å². The third-order valence-electron chi connectivity index (χ3n) is 2.49. The van der Waals surface area contributed by atoms with E-state index in [4.69, 9.17) is 18.0 Å². The Kier molecular flexibility index (Phi) is 5.07. The highest BCUT2D eigenvalue weighted by Gasteiger charge is 2.29. The van der Waals surface area contributed by atoms with E-state index in [0.29, 0.717) is 37.7 Å². The van der Waals surface area contributed by atoms with Gasteiger partial charge >= 0.3 is 0 Å². The van der Waals surface area contributed by atoms with Gasteiger partial charge in [0.05, 0.1) is 4.99 Å². The number of nitrogens with two attached hydrogens (primary N) is 1. The number of hydrogen-bond donors (Lipinski definition) is 2. The van der Waals surface area contributed by atoms with Crippen LogP contribution in [0.25, 0.3) is 0 Å². The first-order chi connectivity index (χ1) is 8.10. The highest BCUT2D eigenvalue weighted by molar-refractivity contribution is 7.87. The second-order valence-electron chi connectivity index (χ2n) is 5.50. The van der Waals surface area contributed by atoms with Crippen LogP contribution in [0.3, 0.4) is 0 Å². The average Bonchev–Trinajstić information content (AvgIpc) is 2.13. The highest BCUT2D eigenvalue weighted by atomic mass is 32.2. The summed E-state index contributed by atoms with van der Waals surface area (Å²) in [5.74, 6) is 0. The van der Waals surface area contributed by atoms with Crippen LogP contribution in [0.4, 0.5) is 0 Å². The number of nitrogens with zero attached hydrogens (tertiary/aromatic N) is 2. The van der Waals surface area contributed by atoms with Crippen molar-refractivity contribution in [2.24, 2.45) is 5.73 Å². The summed E-state index contributed by atoms with van der Waals surface area (Å²) in [7, 11) is -3.40. The molecule has 1 heterocycles. The van der Waals surface area contributed by atoms with Gasteiger partial charge in [-0.25, -0.2) is 0 Å². The molecular formula is C10H22N4O2S2. The standard InChI is InChI=1S/C10H22N4O2S2/c1-10(2,3)12-18(15,16)14-6-4-13(5-7-14)8-9(11)17/h12H,4-8H2,1-3H3,(H2,11,17). The average molecular weight is 294 g/mol. The first kappa shape index (κ1) is 15.8. The molecule has 0 aliphatic carbocycles. The van der Waals surface area contributed by atoms with Crippen LogP contribution >= 0.6 is 12.2 Å². The zero-order chi connectivity index (χ0) is 14.0. The fraction of sp³-hybridized carbons (Fsp3) is 0.900. The minimum absolute atomic E-state index is 0.444. The Bertz CT molecular complexity index is 395. The van der Waals surface area contributed by atoms with E-state index in [0.717, 1.165) is 0 Å². The zero-order valence-electron chi connectivity index (χ0n) is 11.1. The first-order valence-corrected chi connectivity index (χ1v) is 7.75. The van der Waals surface area contributed by atoms with Crippen LogP contribution in [0.15, 0.2) is 0 Å². The smallest absolute Gasteiger partial charge is 0.280 e. The molecular weight excluding hydrogens is 272 g/mol. The lowest BCUT2D eigenvalue weighted by Crippen LogP contribution is -2.55. The molecule has 8 heteroatoms. The van der Waals surface area contributed by atoms with Crippen molar-refractivity contribution in [2.45, 2.75) is 26.3 Å². The van der Waals surface area contributed by atoms with Gasteiger partial charge in [0.1, 0.15) is 0 Å². The number of rotatable bonds is 4. The Morgan fingerprint density at radius 2 is 1.78 bits per heavy atom. The lowest BCUT2D eigenvalue weighted by atomic mass is 10.1. The molecule has 0 aromatic rings. The van der Waals surface area contributed by atoms with Crippen LogP contribution in [0, 0.1) is 0 Å². The Morgan fingerprint density at radius 3 is 2.17 bits per heavy atom.